The van der Waals surface area contributed by atoms with E-state index >= 15 is 0 Å². The van der Waals surface area contributed by atoms with E-state index in [1.807, 2.05) is 18.2 Å². The van der Waals surface area contributed by atoms with Crippen molar-refractivity contribution in [3.63, 3.8) is 0 Å². The third-order valence-corrected chi connectivity index (χ3v) is 7.44. The number of aromatic nitrogens is 5. The first-order chi connectivity index (χ1) is 16.3. The summed E-state index contributed by atoms with van der Waals surface area (Å²) in [5.74, 6) is 0.829. The summed E-state index contributed by atoms with van der Waals surface area (Å²) in [5, 5.41) is 14.9. The molecule has 1 aromatic carbocycles. The molecule has 1 saturated heterocycles. The maximum atomic E-state index is 12.9. The number of fused-ring (bicyclic) bond motifs is 1. The fourth-order valence-corrected chi connectivity index (χ4v) is 5.51. The molecule has 11 heteroatoms. The molecule has 1 fully saturated rings. The van der Waals surface area contributed by atoms with Crippen molar-refractivity contribution in [3.8, 4) is 11.1 Å². The van der Waals surface area contributed by atoms with Gasteiger partial charge in [-0.25, -0.2) is 18.4 Å². The van der Waals surface area contributed by atoms with Crippen LogP contribution in [0.25, 0.3) is 22.0 Å². The number of nitrogens with one attached hydrogen (secondary N) is 1. The molecule has 3 aromatic heterocycles. The Balaban J connectivity index is 1.48. The van der Waals surface area contributed by atoms with Gasteiger partial charge in [-0.3, -0.25) is 14.4 Å². The van der Waals surface area contributed by atoms with Gasteiger partial charge in [-0.05, 0) is 43.5 Å². The molecule has 4 aromatic rings. The van der Waals surface area contributed by atoms with E-state index < -0.39 is 10.0 Å². The Labute approximate surface area is 197 Å². The van der Waals surface area contributed by atoms with Crippen LogP contribution in [0.3, 0.4) is 0 Å². The van der Waals surface area contributed by atoms with Crippen LogP contribution in [-0.4, -0.2) is 57.5 Å². The molecule has 176 valence electrons. The number of nitrogens with zero attached hydrogens (tertiary/aromatic N) is 6. The van der Waals surface area contributed by atoms with Crippen molar-refractivity contribution in [3.05, 3.63) is 54.9 Å². The van der Waals surface area contributed by atoms with Crippen molar-refractivity contribution in [2.45, 2.75) is 30.8 Å². The number of pyridine rings is 1. The minimum Gasteiger partial charge on any atom is -0.393 e. The quantitative estimate of drug-likeness (QED) is 0.447. The topological polar surface area (TPSA) is 126 Å². The van der Waals surface area contributed by atoms with Gasteiger partial charge in [-0.1, -0.05) is 6.07 Å². The highest BCUT2D eigenvalue weighted by atomic mass is 32.2. The number of piperidine rings is 1. The molecule has 0 saturated carbocycles. The van der Waals surface area contributed by atoms with Crippen molar-refractivity contribution in [1.29, 1.82) is 0 Å². The summed E-state index contributed by atoms with van der Waals surface area (Å²) >= 11 is 0. The van der Waals surface area contributed by atoms with E-state index in [2.05, 4.69) is 29.7 Å². The molecule has 0 amide bonds. The molecule has 0 atom stereocenters. The first-order valence-electron chi connectivity index (χ1n) is 11.0. The van der Waals surface area contributed by atoms with Crippen molar-refractivity contribution in [2.24, 2.45) is 7.05 Å². The number of aryl methyl sites for hydroxylation is 2. The molecular weight excluding hydrogens is 454 g/mol. The van der Waals surface area contributed by atoms with Gasteiger partial charge in [0.05, 0.1) is 29.2 Å². The van der Waals surface area contributed by atoms with Gasteiger partial charge in [-0.2, -0.15) is 5.10 Å². The standard InChI is InChI=1S/C23H25N7O3S/c1-15-22(13-29(2)27-15)34(32,33)28-18-9-17(11-24-12-18)16-3-4-21-20(10-16)23(26-14-25-21)30-7-5-19(31)6-8-30/h3-4,9-14,19,28,31H,5-8H2,1-2H3. The molecule has 0 radical (unpaired) electrons. The minimum absolute atomic E-state index is 0.125. The van der Waals surface area contributed by atoms with Crippen molar-refractivity contribution in [2.75, 3.05) is 22.7 Å². The second-order valence-corrected chi connectivity index (χ2v) is 10.1. The first-order valence-corrected chi connectivity index (χ1v) is 12.4. The van der Waals surface area contributed by atoms with Crippen LogP contribution in [-0.2, 0) is 17.1 Å². The highest BCUT2D eigenvalue weighted by Gasteiger charge is 2.22. The van der Waals surface area contributed by atoms with E-state index in [-0.39, 0.29) is 11.0 Å². The van der Waals surface area contributed by atoms with Crippen LogP contribution in [0.5, 0.6) is 0 Å². The van der Waals surface area contributed by atoms with E-state index in [4.69, 9.17) is 0 Å². The fourth-order valence-electron chi connectivity index (χ4n) is 4.26. The zero-order valence-corrected chi connectivity index (χ0v) is 19.7. The molecule has 0 unspecified atom stereocenters. The lowest BCUT2D eigenvalue weighted by Gasteiger charge is -2.31. The van der Waals surface area contributed by atoms with Gasteiger partial charge in [-0.15, -0.1) is 0 Å². The summed E-state index contributed by atoms with van der Waals surface area (Å²) in [6, 6.07) is 7.60. The Hall–Kier alpha value is -3.57. The molecular formula is C23H25N7O3S. The van der Waals surface area contributed by atoms with Gasteiger partial charge >= 0.3 is 0 Å². The van der Waals surface area contributed by atoms with Gasteiger partial charge in [0.25, 0.3) is 10.0 Å². The lowest BCUT2D eigenvalue weighted by molar-refractivity contribution is 0.145. The third-order valence-electron chi connectivity index (χ3n) is 5.96. The van der Waals surface area contributed by atoms with Crippen LogP contribution in [0, 0.1) is 6.92 Å². The van der Waals surface area contributed by atoms with Crippen molar-refractivity contribution < 1.29 is 13.5 Å². The van der Waals surface area contributed by atoms with Crippen molar-refractivity contribution >= 4 is 32.4 Å². The maximum absolute atomic E-state index is 12.9. The Bertz CT molecular complexity index is 1460. The second kappa shape index (κ2) is 8.65. The summed E-state index contributed by atoms with van der Waals surface area (Å²) in [6.45, 7) is 3.11. The van der Waals surface area contributed by atoms with Crippen LogP contribution in [0.15, 0.2) is 54.1 Å². The lowest BCUT2D eigenvalue weighted by Crippen LogP contribution is -2.36. The zero-order valence-electron chi connectivity index (χ0n) is 18.9. The van der Waals surface area contributed by atoms with Crippen molar-refractivity contribution in [1.82, 2.24) is 24.7 Å². The molecule has 2 N–H and O–H groups in total. The molecule has 0 aliphatic carbocycles. The minimum atomic E-state index is -3.80. The molecule has 0 spiro atoms. The summed E-state index contributed by atoms with van der Waals surface area (Å²) < 4.78 is 29.8. The number of rotatable bonds is 5. The predicted molar refractivity (Wildman–Crippen MR) is 129 cm³/mol. The second-order valence-electron chi connectivity index (χ2n) is 8.47. The number of hydrogen-bond donors (Lipinski definition) is 2. The zero-order chi connectivity index (χ0) is 23.9. The Kier molecular flexibility index (Phi) is 5.66. The molecule has 34 heavy (non-hydrogen) atoms. The number of aliphatic hydroxyl groups excluding tert-OH is 1. The molecule has 4 heterocycles. The molecule has 0 bridgehead atoms. The predicted octanol–water partition coefficient (Wildman–Crippen LogP) is 2.50. The fraction of sp³-hybridized carbons (Fsp3) is 0.304. The third kappa shape index (κ3) is 4.31. The highest BCUT2D eigenvalue weighted by Crippen LogP contribution is 2.31. The Morgan fingerprint density at radius 2 is 1.88 bits per heavy atom. The van der Waals surface area contributed by atoms with Gasteiger partial charge < -0.3 is 10.0 Å². The van der Waals surface area contributed by atoms with Gasteiger partial charge in [0.15, 0.2) is 0 Å². The highest BCUT2D eigenvalue weighted by molar-refractivity contribution is 7.92. The number of hydrogen-bond acceptors (Lipinski definition) is 8. The van der Waals surface area contributed by atoms with Crippen LogP contribution < -0.4 is 9.62 Å². The van der Waals surface area contributed by atoms with E-state index in [9.17, 15) is 13.5 Å². The largest absolute Gasteiger partial charge is 0.393 e. The van der Waals surface area contributed by atoms with Crippen LogP contribution >= 0.6 is 0 Å². The van der Waals surface area contributed by atoms with Crippen LogP contribution in [0.1, 0.15) is 18.5 Å². The number of sulfonamides is 1. The average molecular weight is 480 g/mol. The van der Waals surface area contributed by atoms with E-state index in [0.717, 1.165) is 40.9 Å². The first kappa shape index (κ1) is 22.2. The van der Waals surface area contributed by atoms with Gasteiger partial charge in [0.2, 0.25) is 0 Å². The SMILES string of the molecule is Cc1nn(C)cc1S(=O)(=O)Nc1cncc(-c2ccc3ncnc(N4CCC(O)CC4)c3c2)c1. The lowest BCUT2D eigenvalue weighted by atomic mass is 10.0. The van der Waals surface area contributed by atoms with Gasteiger partial charge in [0.1, 0.15) is 17.0 Å². The summed E-state index contributed by atoms with van der Waals surface area (Å²) in [5.41, 5.74) is 3.22. The van der Waals surface area contributed by atoms with E-state index in [0.29, 0.717) is 24.2 Å². The maximum Gasteiger partial charge on any atom is 0.265 e. The molecule has 1 aliphatic rings. The summed E-state index contributed by atoms with van der Waals surface area (Å²) in [4.78, 5) is 15.5. The number of benzene rings is 1. The average Bonchev–Trinajstić information content (AvgIpc) is 3.17. The molecule has 5 rings (SSSR count). The molecule has 10 nitrogen and oxygen atoms in total. The Morgan fingerprint density at radius 1 is 1.09 bits per heavy atom. The molecule has 1 aliphatic heterocycles. The smallest absolute Gasteiger partial charge is 0.265 e. The summed E-state index contributed by atoms with van der Waals surface area (Å²) in [6.07, 6.45) is 7.32. The number of anilines is 2. The van der Waals surface area contributed by atoms with Crippen LogP contribution in [0.4, 0.5) is 11.5 Å². The van der Waals surface area contributed by atoms with E-state index in [1.165, 1.54) is 17.1 Å². The monoisotopic (exact) mass is 479 g/mol. The van der Waals surface area contributed by atoms with Gasteiger partial charge in [0, 0.05) is 43.5 Å². The van der Waals surface area contributed by atoms with Crippen LogP contribution in [0.2, 0.25) is 0 Å². The summed E-state index contributed by atoms with van der Waals surface area (Å²) in [7, 11) is -2.12. The van der Waals surface area contributed by atoms with E-state index in [1.54, 1.807) is 32.6 Å². The Morgan fingerprint density at radius 3 is 2.62 bits per heavy atom. The normalized spacial score (nSPS) is 15.1. The number of aliphatic hydroxyl groups is 1.